The van der Waals surface area contributed by atoms with Gasteiger partial charge >= 0.3 is 0 Å². The van der Waals surface area contributed by atoms with E-state index in [4.69, 9.17) is 13.6 Å². The van der Waals surface area contributed by atoms with Gasteiger partial charge in [0, 0.05) is 21.2 Å². The second-order valence-electron chi connectivity index (χ2n) is 9.37. The Morgan fingerprint density at radius 3 is 2.76 bits per heavy atom. The Bertz CT molecular complexity index is 1150. The molecule has 0 spiro atoms. The van der Waals surface area contributed by atoms with Crippen molar-refractivity contribution in [3.63, 3.8) is 0 Å². The van der Waals surface area contributed by atoms with E-state index in [0.29, 0.717) is 35.3 Å². The molecule has 2 aliphatic rings. The monoisotopic (exact) mass is 464 g/mol. The first-order chi connectivity index (χ1) is 16.7. The van der Waals surface area contributed by atoms with Crippen molar-refractivity contribution in [3.8, 4) is 11.5 Å². The first-order valence-corrected chi connectivity index (χ1v) is 11.3. The fourth-order valence-corrected chi connectivity index (χ4v) is 4.42. The van der Waals surface area contributed by atoms with E-state index in [1.165, 1.54) is 31.2 Å². The van der Waals surface area contributed by atoms with E-state index in [1.807, 2.05) is 0 Å². The van der Waals surface area contributed by atoms with Gasteiger partial charge in [-0.25, -0.2) is 8.78 Å². The number of nitrogens with one attached hydrogen (secondary N) is 1. The lowest BCUT2D eigenvalue weighted by Gasteiger charge is -2.44. The highest BCUT2D eigenvalue weighted by atomic mass is 19.1. The molecule has 3 N–H and O–H groups in total. The van der Waals surface area contributed by atoms with Gasteiger partial charge in [-0.15, -0.1) is 0 Å². The van der Waals surface area contributed by atoms with Crippen LogP contribution < -0.4 is 14.8 Å². The molecule has 2 aromatic carbocycles. The summed E-state index contributed by atoms with van der Waals surface area (Å²) < 4.78 is 65.3. The summed E-state index contributed by atoms with van der Waals surface area (Å²) in [5, 5.41) is 24.8. The highest BCUT2D eigenvalue weighted by molar-refractivity contribution is 5.40. The number of ether oxygens (including phenoxy) is 2. The molecule has 2 heterocycles. The lowest BCUT2D eigenvalue weighted by atomic mass is 9.78. The van der Waals surface area contributed by atoms with E-state index >= 15 is 0 Å². The standard InChI is InChI=1S/C26H33F2NO4/c1-14-9-23-17(12-20(14)28)5-7-22(32-23)25(31)16(3)29-13-24(30)26(4)15(2)10-18-11-19(27)6-8-21(18)33-26/h6,8-9,11-12,15-16,22,24-25,29-31H,5,7,10,13H2,1-4H3/t15?,16?,22-,24+,25+,26+/m0/s1/i13D2,24D. The van der Waals surface area contributed by atoms with E-state index in [2.05, 4.69) is 5.32 Å². The molecule has 7 heteroatoms. The maximum absolute atomic E-state index is 13.9. The number of fused-ring (bicyclic) bond motifs is 2. The number of aliphatic hydroxyl groups is 2. The lowest BCUT2D eigenvalue weighted by Crippen LogP contribution is -2.58. The quantitative estimate of drug-likeness (QED) is 0.608. The molecule has 0 aromatic heterocycles. The Morgan fingerprint density at radius 2 is 2.00 bits per heavy atom. The number of aliphatic hydroxyl groups excluding tert-OH is 1. The molecule has 2 unspecified atom stereocenters. The number of benzene rings is 2. The zero-order valence-corrected chi connectivity index (χ0v) is 19.3. The van der Waals surface area contributed by atoms with Crippen LogP contribution in [0.2, 0.25) is 0 Å². The third kappa shape index (κ3) is 4.72. The van der Waals surface area contributed by atoms with Crippen LogP contribution in [0.3, 0.4) is 0 Å². The molecule has 33 heavy (non-hydrogen) atoms. The van der Waals surface area contributed by atoms with Crippen molar-refractivity contribution in [1.29, 1.82) is 0 Å². The van der Waals surface area contributed by atoms with Crippen LogP contribution in [-0.2, 0) is 12.8 Å². The molecule has 2 aliphatic heterocycles. The first-order valence-electron chi connectivity index (χ1n) is 12.8. The van der Waals surface area contributed by atoms with Gasteiger partial charge in [0.05, 0.1) is 1.37 Å². The topological polar surface area (TPSA) is 71.0 Å². The van der Waals surface area contributed by atoms with Crippen molar-refractivity contribution in [2.75, 3.05) is 6.50 Å². The van der Waals surface area contributed by atoms with E-state index < -0.39 is 48.2 Å². The molecule has 0 fully saturated rings. The number of hydrogen-bond donors (Lipinski definition) is 3. The second kappa shape index (κ2) is 9.20. The minimum Gasteiger partial charge on any atom is -0.487 e. The molecular formula is C26H33F2NO4. The Kier molecular flexibility index (Phi) is 5.63. The number of rotatable bonds is 6. The van der Waals surface area contributed by atoms with Crippen molar-refractivity contribution in [2.24, 2.45) is 5.92 Å². The third-order valence-electron chi connectivity index (χ3n) is 6.91. The van der Waals surface area contributed by atoms with Crippen molar-refractivity contribution in [3.05, 3.63) is 58.7 Å². The summed E-state index contributed by atoms with van der Waals surface area (Å²) in [5.41, 5.74) is 0.0123. The summed E-state index contributed by atoms with van der Waals surface area (Å²) in [5.74, 6) is -0.527. The maximum atomic E-state index is 13.9. The average Bonchev–Trinajstić information content (AvgIpc) is 2.79. The molecule has 0 amide bonds. The van der Waals surface area contributed by atoms with Gasteiger partial charge < -0.3 is 25.0 Å². The zero-order chi connectivity index (χ0) is 26.6. The number of hydrogen-bond acceptors (Lipinski definition) is 5. The van der Waals surface area contributed by atoms with Crippen LogP contribution in [0.15, 0.2) is 30.3 Å². The highest BCUT2D eigenvalue weighted by Crippen LogP contribution is 2.39. The summed E-state index contributed by atoms with van der Waals surface area (Å²) in [6, 6.07) is 6.03. The summed E-state index contributed by atoms with van der Waals surface area (Å²) in [6.45, 7) is 3.61. The molecule has 0 radical (unpaired) electrons. The van der Waals surface area contributed by atoms with Gasteiger partial charge in [0.2, 0.25) is 0 Å². The van der Waals surface area contributed by atoms with Crippen molar-refractivity contribution in [1.82, 2.24) is 5.32 Å². The van der Waals surface area contributed by atoms with Gasteiger partial charge in [0.1, 0.15) is 47.0 Å². The van der Waals surface area contributed by atoms with Crippen LogP contribution in [0.1, 0.15) is 48.0 Å². The molecule has 0 bridgehead atoms. The van der Waals surface area contributed by atoms with E-state index in [1.54, 1.807) is 26.8 Å². The second-order valence-corrected chi connectivity index (χ2v) is 9.37. The van der Waals surface area contributed by atoms with E-state index in [9.17, 15) is 19.0 Å². The van der Waals surface area contributed by atoms with Gasteiger partial charge in [-0.3, -0.25) is 0 Å². The average molecular weight is 465 g/mol. The predicted octanol–water partition coefficient (Wildman–Crippen LogP) is 3.70. The van der Waals surface area contributed by atoms with Crippen LogP contribution in [0.4, 0.5) is 8.78 Å². The smallest absolute Gasteiger partial charge is 0.136 e. The summed E-state index contributed by atoms with van der Waals surface area (Å²) in [4.78, 5) is 0. The van der Waals surface area contributed by atoms with Crippen LogP contribution in [0, 0.1) is 24.5 Å². The minimum atomic E-state index is -2.80. The van der Waals surface area contributed by atoms with E-state index in [-0.39, 0.29) is 18.0 Å². The predicted molar refractivity (Wildman–Crippen MR) is 122 cm³/mol. The van der Waals surface area contributed by atoms with E-state index in [0.717, 1.165) is 0 Å². The number of aryl methyl sites for hydroxylation is 2. The van der Waals surface area contributed by atoms with Crippen LogP contribution in [-0.4, -0.2) is 46.6 Å². The molecule has 0 saturated carbocycles. The molecule has 5 nitrogen and oxygen atoms in total. The summed E-state index contributed by atoms with van der Waals surface area (Å²) in [7, 11) is 0. The SMILES string of the molecule is [2H]C([2H])(NC(C)[C@@H](O)[C@@H]1CCc2cc(F)c(C)cc2O1)[C@@]([2H])(O)[C@]1(C)Oc2ccc(F)cc2CC1C. The number of halogens is 2. The fourth-order valence-electron chi connectivity index (χ4n) is 4.42. The summed E-state index contributed by atoms with van der Waals surface area (Å²) in [6.07, 6.45) is -3.51. The maximum Gasteiger partial charge on any atom is 0.136 e. The van der Waals surface area contributed by atoms with Crippen molar-refractivity contribution in [2.45, 2.75) is 76.9 Å². The Hall–Kier alpha value is -2.22. The fraction of sp³-hybridized carbons (Fsp3) is 0.538. The molecule has 180 valence electrons. The van der Waals surface area contributed by atoms with Crippen LogP contribution in [0.5, 0.6) is 11.5 Å². The van der Waals surface area contributed by atoms with Gasteiger partial charge in [-0.1, -0.05) is 6.92 Å². The van der Waals surface area contributed by atoms with Gasteiger partial charge in [0.25, 0.3) is 0 Å². The van der Waals surface area contributed by atoms with Crippen molar-refractivity contribution >= 4 is 0 Å². The van der Waals surface area contributed by atoms with Crippen LogP contribution in [0.25, 0.3) is 0 Å². The summed E-state index contributed by atoms with van der Waals surface area (Å²) >= 11 is 0. The first kappa shape index (κ1) is 20.2. The van der Waals surface area contributed by atoms with Crippen molar-refractivity contribution < 1.29 is 32.6 Å². The highest BCUT2D eigenvalue weighted by Gasteiger charge is 2.44. The molecule has 6 atom stereocenters. The van der Waals surface area contributed by atoms with Gasteiger partial charge in [0.15, 0.2) is 0 Å². The molecule has 2 aromatic rings. The minimum absolute atomic E-state index is 0.285. The molecule has 4 rings (SSSR count). The molecular weight excluding hydrogens is 428 g/mol. The van der Waals surface area contributed by atoms with Gasteiger partial charge in [-0.2, -0.15) is 0 Å². The molecule has 0 aliphatic carbocycles. The Balaban J connectivity index is 1.50. The normalized spacial score (nSPS) is 29.6. The zero-order valence-electron chi connectivity index (χ0n) is 22.3. The third-order valence-corrected chi connectivity index (χ3v) is 6.91. The molecule has 0 saturated heterocycles. The largest absolute Gasteiger partial charge is 0.487 e. The van der Waals surface area contributed by atoms with Crippen LogP contribution >= 0.6 is 0 Å². The Labute approximate surface area is 197 Å². The lowest BCUT2D eigenvalue weighted by molar-refractivity contribution is -0.0868. The Morgan fingerprint density at radius 1 is 1.24 bits per heavy atom. The van der Waals surface area contributed by atoms with Gasteiger partial charge in [-0.05, 0) is 87.1 Å².